The summed E-state index contributed by atoms with van der Waals surface area (Å²) in [6.45, 7) is 0.126. The maximum absolute atomic E-state index is 12.4. The Morgan fingerprint density at radius 2 is 2.04 bits per heavy atom. The van der Waals surface area contributed by atoms with Crippen LogP contribution in [0, 0.1) is 0 Å². The van der Waals surface area contributed by atoms with E-state index in [4.69, 9.17) is 4.74 Å². The lowest BCUT2D eigenvalue weighted by Crippen LogP contribution is -2.22. The van der Waals surface area contributed by atoms with Gasteiger partial charge < -0.3 is 4.74 Å². The van der Waals surface area contributed by atoms with Gasteiger partial charge in [-0.25, -0.2) is 13.1 Å². The first kappa shape index (κ1) is 17.8. The average molecular weight is 394 g/mol. The summed E-state index contributed by atoms with van der Waals surface area (Å²) in [6.07, 6.45) is 0. The molecule has 3 rings (SSSR count). The molecule has 3 aromatic rings. The van der Waals surface area contributed by atoms with Crippen molar-refractivity contribution in [3.8, 4) is 5.75 Å². The van der Waals surface area contributed by atoms with Gasteiger partial charge in [0.1, 0.15) is 5.75 Å². The van der Waals surface area contributed by atoms with Crippen molar-refractivity contribution < 1.29 is 17.9 Å². The zero-order chi connectivity index (χ0) is 17.9. The second kappa shape index (κ2) is 7.49. The molecule has 0 bridgehead atoms. The molecule has 0 fully saturated rings. The van der Waals surface area contributed by atoms with Crippen LogP contribution in [-0.2, 0) is 16.6 Å². The Morgan fingerprint density at radius 3 is 2.76 bits per heavy atom. The summed E-state index contributed by atoms with van der Waals surface area (Å²) in [6, 6.07) is 11.5. The normalized spacial score (nSPS) is 11.4. The van der Waals surface area contributed by atoms with Gasteiger partial charge in [-0.1, -0.05) is 6.07 Å². The summed E-state index contributed by atoms with van der Waals surface area (Å²) >= 11 is 2.75. The standard InChI is InChI=1S/C17H15NO4S3/c1-22-13-3-2-4-15(9-13)25(20,21)18-10-14-5-6-16(24-14)17(19)12-7-8-23-11-12/h2-9,11,18H,10H2,1H3. The molecule has 5 nitrogen and oxygen atoms in total. The molecular weight excluding hydrogens is 378 g/mol. The number of methoxy groups -OCH3 is 1. The minimum atomic E-state index is -3.65. The van der Waals surface area contributed by atoms with Crippen molar-refractivity contribution in [2.45, 2.75) is 11.4 Å². The molecule has 0 saturated heterocycles. The monoisotopic (exact) mass is 393 g/mol. The molecule has 0 aliphatic heterocycles. The van der Waals surface area contributed by atoms with Gasteiger partial charge in [-0.3, -0.25) is 4.79 Å². The zero-order valence-corrected chi connectivity index (χ0v) is 15.7. The predicted octanol–water partition coefficient (Wildman–Crippen LogP) is 3.53. The van der Waals surface area contributed by atoms with Crippen molar-refractivity contribution in [1.29, 1.82) is 0 Å². The molecule has 1 aromatic carbocycles. The third-order valence-electron chi connectivity index (χ3n) is 3.46. The zero-order valence-electron chi connectivity index (χ0n) is 13.3. The van der Waals surface area contributed by atoms with Crippen LogP contribution in [0.1, 0.15) is 20.1 Å². The first-order valence-electron chi connectivity index (χ1n) is 7.29. The van der Waals surface area contributed by atoms with E-state index in [1.54, 1.807) is 35.7 Å². The molecule has 2 heterocycles. The van der Waals surface area contributed by atoms with E-state index in [-0.39, 0.29) is 17.2 Å². The lowest BCUT2D eigenvalue weighted by atomic mass is 10.2. The minimum absolute atomic E-state index is 0.0480. The molecule has 0 spiro atoms. The highest BCUT2D eigenvalue weighted by Gasteiger charge is 2.16. The van der Waals surface area contributed by atoms with Gasteiger partial charge in [0.2, 0.25) is 15.8 Å². The Labute approximate surface area is 154 Å². The van der Waals surface area contributed by atoms with Crippen LogP contribution in [0.15, 0.2) is 58.1 Å². The Hall–Kier alpha value is -2.00. The number of hydrogen-bond donors (Lipinski definition) is 1. The van der Waals surface area contributed by atoms with Crippen molar-refractivity contribution in [3.63, 3.8) is 0 Å². The number of carbonyl (C=O) groups is 1. The molecule has 0 aliphatic rings. The van der Waals surface area contributed by atoms with Crippen molar-refractivity contribution >= 4 is 38.5 Å². The highest BCUT2D eigenvalue weighted by atomic mass is 32.2. The highest BCUT2D eigenvalue weighted by molar-refractivity contribution is 7.89. The molecular formula is C17H15NO4S3. The summed E-state index contributed by atoms with van der Waals surface area (Å²) < 4.78 is 32.3. The Morgan fingerprint density at radius 1 is 1.20 bits per heavy atom. The fourth-order valence-electron chi connectivity index (χ4n) is 2.15. The summed E-state index contributed by atoms with van der Waals surface area (Å²) in [4.78, 5) is 13.8. The maximum Gasteiger partial charge on any atom is 0.241 e. The quantitative estimate of drug-likeness (QED) is 0.623. The lowest BCUT2D eigenvalue weighted by Gasteiger charge is -2.07. The number of carbonyl (C=O) groups excluding carboxylic acids is 1. The second-order valence-corrected chi connectivity index (χ2v) is 8.83. The Kier molecular flexibility index (Phi) is 5.33. The van der Waals surface area contributed by atoms with Crippen LogP contribution >= 0.6 is 22.7 Å². The molecule has 0 aliphatic carbocycles. The first-order chi connectivity index (χ1) is 12.0. The number of ether oxygens (including phenoxy) is 1. The topological polar surface area (TPSA) is 72.5 Å². The smallest absolute Gasteiger partial charge is 0.241 e. The van der Waals surface area contributed by atoms with Crippen LogP contribution in [0.2, 0.25) is 0 Å². The molecule has 0 amide bonds. The van der Waals surface area contributed by atoms with E-state index in [2.05, 4.69) is 4.72 Å². The number of hydrogen-bond acceptors (Lipinski definition) is 6. The summed E-state index contributed by atoms with van der Waals surface area (Å²) in [5.74, 6) is 0.427. The van der Waals surface area contributed by atoms with Gasteiger partial charge in [-0.05, 0) is 35.7 Å². The number of thiophene rings is 2. The van der Waals surface area contributed by atoms with Crippen LogP contribution in [0.25, 0.3) is 0 Å². The molecule has 130 valence electrons. The van der Waals surface area contributed by atoms with Gasteiger partial charge in [-0.2, -0.15) is 11.3 Å². The van der Waals surface area contributed by atoms with Gasteiger partial charge >= 0.3 is 0 Å². The number of rotatable bonds is 7. The van der Waals surface area contributed by atoms with E-state index in [0.717, 1.165) is 4.88 Å². The third kappa shape index (κ3) is 4.16. The molecule has 25 heavy (non-hydrogen) atoms. The number of nitrogens with one attached hydrogen (secondary N) is 1. The summed E-state index contributed by atoms with van der Waals surface area (Å²) in [7, 11) is -2.17. The van der Waals surface area contributed by atoms with Gasteiger partial charge in [0.25, 0.3) is 0 Å². The lowest BCUT2D eigenvalue weighted by molar-refractivity contribution is 0.104. The van der Waals surface area contributed by atoms with E-state index < -0.39 is 10.0 Å². The third-order valence-corrected chi connectivity index (χ3v) is 6.62. The fourth-order valence-corrected chi connectivity index (χ4v) is 4.83. The molecule has 0 radical (unpaired) electrons. The summed E-state index contributed by atoms with van der Waals surface area (Å²) in [5.41, 5.74) is 0.648. The van der Waals surface area contributed by atoms with Gasteiger partial charge in [0.15, 0.2) is 0 Å². The van der Waals surface area contributed by atoms with Crippen LogP contribution < -0.4 is 9.46 Å². The number of benzene rings is 1. The van der Waals surface area contributed by atoms with E-state index in [0.29, 0.717) is 16.2 Å². The fraction of sp³-hybridized carbons (Fsp3) is 0.118. The van der Waals surface area contributed by atoms with Crippen LogP contribution in [0.5, 0.6) is 5.75 Å². The molecule has 0 saturated carbocycles. The first-order valence-corrected chi connectivity index (χ1v) is 10.5. The van der Waals surface area contributed by atoms with Crippen LogP contribution in [0.3, 0.4) is 0 Å². The summed E-state index contributed by atoms with van der Waals surface area (Å²) in [5, 5.41) is 3.65. The molecule has 0 unspecified atom stereocenters. The molecule has 8 heteroatoms. The van der Waals surface area contributed by atoms with Crippen molar-refractivity contribution in [1.82, 2.24) is 4.72 Å². The SMILES string of the molecule is COc1cccc(S(=O)(=O)NCc2ccc(C(=O)c3ccsc3)s2)c1. The van der Waals surface area contributed by atoms with Crippen LogP contribution in [0.4, 0.5) is 0 Å². The Bertz CT molecular complexity index is 975. The highest BCUT2D eigenvalue weighted by Crippen LogP contribution is 2.22. The van der Waals surface area contributed by atoms with Crippen molar-refractivity contribution in [3.05, 3.63) is 68.5 Å². The maximum atomic E-state index is 12.4. The van der Waals surface area contributed by atoms with Gasteiger partial charge in [0, 0.05) is 28.4 Å². The molecule has 0 atom stereocenters. The predicted molar refractivity (Wildman–Crippen MR) is 99.1 cm³/mol. The number of ketones is 1. The minimum Gasteiger partial charge on any atom is -0.497 e. The van der Waals surface area contributed by atoms with Crippen LogP contribution in [-0.4, -0.2) is 21.3 Å². The van der Waals surface area contributed by atoms with Gasteiger partial charge in [-0.15, -0.1) is 11.3 Å². The molecule has 2 aromatic heterocycles. The molecule has 1 N–H and O–H groups in total. The van der Waals surface area contributed by atoms with E-state index >= 15 is 0 Å². The largest absolute Gasteiger partial charge is 0.497 e. The van der Waals surface area contributed by atoms with Crippen molar-refractivity contribution in [2.75, 3.05) is 7.11 Å². The van der Waals surface area contributed by atoms with Crippen molar-refractivity contribution in [2.24, 2.45) is 0 Å². The van der Waals surface area contributed by atoms with E-state index in [1.807, 2.05) is 5.38 Å². The average Bonchev–Trinajstić information content (AvgIpc) is 3.31. The van der Waals surface area contributed by atoms with Gasteiger partial charge in [0.05, 0.1) is 16.9 Å². The van der Waals surface area contributed by atoms with E-state index in [9.17, 15) is 13.2 Å². The number of sulfonamides is 1. The second-order valence-electron chi connectivity index (χ2n) is 5.11. The van der Waals surface area contributed by atoms with E-state index in [1.165, 1.54) is 41.9 Å². The Balaban J connectivity index is 1.70.